The Bertz CT molecular complexity index is 426. The van der Waals surface area contributed by atoms with Crippen molar-refractivity contribution in [2.24, 2.45) is 21.5 Å². The van der Waals surface area contributed by atoms with Crippen LogP contribution in [0.1, 0.15) is 0 Å². The van der Waals surface area contributed by atoms with E-state index in [0.717, 1.165) is 5.69 Å². The highest BCUT2D eigenvalue weighted by Gasteiger charge is 2.14. The summed E-state index contributed by atoms with van der Waals surface area (Å²) < 4.78 is 0. The van der Waals surface area contributed by atoms with Crippen molar-refractivity contribution in [1.82, 2.24) is 0 Å². The lowest BCUT2D eigenvalue weighted by molar-refractivity contribution is 0.970. The van der Waals surface area contributed by atoms with E-state index in [9.17, 15) is 0 Å². The third-order valence-electron chi connectivity index (χ3n) is 2.02. The van der Waals surface area contributed by atoms with Crippen molar-refractivity contribution >= 4 is 41.6 Å². The van der Waals surface area contributed by atoms with Crippen LogP contribution in [0, 0.1) is 0 Å². The minimum atomic E-state index is 0. The Morgan fingerprint density at radius 3 is 2.38 bits per heavy atom. The molecule has 0 spiro atoms. The third-order valence-corrected chi connectivity index (χ3v) is 2.27. The Labute approximate surface area is 104 Å². The molecule has 1 aliphatic rings. The topological polar surface area (TPSA) is 80.0 Å². The van der Waals surface area contributed by atoms with Gasteiger partial charge in [0.1, 0.15) is 6.67 Å². The molecule has 0 atom stereocenters. The van der Waals surface area contributed by atoms with Crippen LogP contribution in [0.4, 0.5) is 5.69 Å². The molecule has 0 bridgehead atoms. The molecule has 2 rings (SSSR count). The Morgan fingerprint density at radius 2 is 1.81 bits per heavy atom. The van der Waals surface area contributed by atoms with Gasteiger partial charge in [-0.3, -0.25) is 4.90 Å². The van der Waals surface area contributed by atoms with Crippen molar-refractivity contribution in [3.05, 3.63) is 29.3 Å². The van der Waals surface area contributed by atoms with Gasteiger partial charge in [0.15, 0.2) is 0 Å². The second-order valence-corrected chi connectivity index (χ2v) is 3.47. The van der Waals surface area contributed by atoms with E-state index in [0.29, 0.717) is 17.7 Å². The lowest BCUT2D eigenvalue weighted by atomic mass is 10.3. The minimum absolute atomic E-state index is 0. The number of aliphatic imine (C=N–C) groups is 2. The molecule has 4 N–H and O–H groups in total. The molecule has 7 heteroatoms. The van der Waals surface area contributed by atoms with Gasteiger partial charge in [-0.25, -0.2) is 4.99 Å². The van der Waals surface area contributed by atoms with Gasteiger partial charge in [-0.05, 0) is 24.3 Å². The molecule has 1 heterocycles. The van der Waals surface area contributed by atoms with Crippen LogP contribution in [-0.4, -0.2) is 18.6 Å². The molecule has 0 saturated heterocycles. The molecular weight excluding hydrogens is 249 g/mol. The van der Waals surface area contributed by atoms with Crippen molar-refractivity contribution in [3.63, 3.8) is 0 Å². The summed E-state index contributed by atoms with van der Waals surface area (Å²) in [4.78, 5) is 9.60. The van der Waals surface area contributed by atoms with Gasteiger partial charge in [0.25, 0.3) is 0 Å². The highest BCUT2D eigenvalue weighted by atomic mass is 35.5. The van der Waals surface area contributed by atoms with Crippen molar-refractivity contribution in [1.29, 1.82) is 0 Å². The predicted octanol–water partition coefficient (Wildman–Crippen LogP) is 1.17. The summed E-state index contributed by atoms with van der Waals surface area (Å²) in [7, 11) is 0. The van der Waals surface area contributed by atoms with E-state index in [1.54, 1.807) is 17.0 Å². The van der Waals surface area contributed by atoms with Crippen LogP contribution in [0.15, 0.2) is 34.3 Å². The molecule has 1 aromatic carbocycles. The Morgan fingerprint density at radius 1 is 1.19 bits per heavy atom. The van der Waals surface area contributed by atoms with E-state index in [1.807, 2.05) is 12.1 Å². The van der Waals surface area contributed by atoms with Crippen LogP contribution in [0.2, 0.25) is 5.02 Å². The van der Waals surface area contributed by atoms with Crippen LogP contribution in [0.3, 0.4) is 0 Å². The highest BCUT2D eigenvalue weighted by molar-refractivity contribution is 6.30. The van der Waals surface area contributed by atoms with Gasteiger partial charge in [0, 0.05) is 10.7 Å². The molecule has 1 aromatic rings. The van der Waals surface area contributed by atoms with Crippen LogP contribution in [0.25, 0.3) is 0 Å². The molecule has 0 amide bonds. The van der Waals surface area contributed by atoms with E-state index < -0.39 is 0 Å². The Hall–Kier alpha value is -1.46. The maximum Gasteiger partial charge on any atom is 0.220 e. The molecule has 0 saturated carbocycles. The number of anilines is 1. The first kappa shape index (κ1) is 12.6. The zero-order valence-electron chi connectivity index (χ0n) is 8.30. The SMILES string of the molecule is Cl.NC1=NCN(c2ccc(Cl)cc2)C(N)=N1. The van der Waals surface area contributed by atoms with E-state index >= 15 is 0 Å². The van der Waals surface area contributed by atoms with Gasteiger partial charge in [0.2, 0.25) is 11.9 Å². The number of nitrogens with zero attached hydrogens (tertiary/aromatic N) is 3. The zero-order chi connectivity index (χ0) is 10.8. The number of rotatable bonds is 1. The standard InChI is InChI=1S/C9H10ClN5.ClH/c10-6-1-3-7(4-2-6)15-5-13-8(11)14-9(15)12;/h1-4H,5H2,(H4,11,12,13,14);1H. The van der Waals surface area contributed by atoms with Gasteiger partial charge in [-0.2, -0.15) is 4.99 Å². The first-order chi connectivity index (χ1) is 7.16. The second-order valence-electron chi connectivity index (χ2n) is 3.03. The van der Waals surface area contributed by atoms with E-state index in [-0.39, 0.29) is 18.4 Å². The fourth-order valence-electron chi connectivity index (χ4n) is 1.26. The fourth-order valence-corrected chi connectivity index (χ4v) is 1.39. The van der Waals surface area contributed by atoms with Crippen LogP contribution < -0.4 is 16.4 Å². The largest absolute Gasteiger partial charge is 0.369 e. The van der Waals surface area contributed by atoms with Gasteiger partial charge < -0.3 is 11.5 Å². The van der Waals surface area contributed by atoms with E-state index in [2.05, 4.69) is 9.98 Å². The number of benzene rings is 1. The molecule has 16 heavy (non-hydrogen) atoms. The lowest BCUT2D eigenvalue weighted by Crippen LogP contribution is -2.42. The number of hydrogen-bond donors (Lipinski definition) is 2. The first-order valence-corrected chi connectivity index (χ1v) is 4.72. The van der Waals surface area contributed by atoms with Gasteiger partial charge >= 0.3 is 0 Å². The van der Waals surface area contributed by atoms with Gasteiger partial charge in [0.05, 0.1) is 0 Å². The minimum Gasteiger partial charge on any atom is -0.369 e. The van der Waals surface area contributed by atoms with Crippen molar-refractivity contribution in [2.45, 2.75) is 0 Å². The monoisotopic (exact) mass is 259 g/mol. The van der Waals surface area contributed by atoms with E-state index in [4.69, 9.17) is 23.1 Å². The number of halogens is 2. The summed E-state index contributed by atoms with van der Waals surface area (Å²) in [5, 5.41) is 0.675. The van der Waals surface area contributed by atoms with Gasteiger partial charge in [-0.1, -0.05) is 11.6 Å². The maximum absolute atomic E-state index is 5.78. The molecule has 0 aromatic heterocycles. The normalized spacial score (nSPS) is 14.9. The molecule has 86 valence electrons. The smallest absolute Gasteiger partial charge is 0.220 e. The zero-order valence-corrected chi connectivity index (χ0v) is 9.87. The average molecular weight is 260 g/mol. The van der Waals surface area contributed by atoms with E-state index in [1.165, 1.54) is 0 Å². The molecule has 0 aliphatic carbocycles. The summed E-state index contributed by atoms with van der Waals surface area (Å²) in [5.41, 5.74) is 12.0. The third kappa shape index (κ3) is 2.56. The summed E-state index contributed by atoms with van der Waals surface area (Å²) >= 11 is 5.78. The van der Waals surface area contributed by atoms with Crippen molar-refractivity contribution in [3.8, 4) is 0 Å². The van der Waals surface area contributed by atoms with Crippen LogP contribution >= 0.6 is 24.0 Å². The summed E-state index contributed by atoms with van der Waals surface area (Å²) in [5.74, 6) is 0.544. The summed E-state index contributed by atoms with van der Waals surface area (Å²) in [6.45, 7) is 0.378. The second kappa shape index (κ2) is 5.05. The number of hydrogen-bond acceptors (Lipinski definition) is 5. The molecule has 0 radical (unpaired) electrons. The Kier molecular flexibility index (Phi) is 3.98. The van der Waals surface area contributed by atoms with Crippen molar-refractivity contribution < 1.29 is 0 Å². The quantitative estimate of drug-likeness (QED) is 0.795. The molecular formula is C9H11Cl2N5. The van der Waals surface area contributed by atoms with Crippen LogP contribution in [-0.2, 0) is 0 Å². The molecule has 1 aliphatic heterocycles. The first-order valence-electron chi connectivity index (χ1n) is 4.34. The summed E-state index contributed by atoms with van der Waals surface area (Å²) in [6, 6.07) is 7.27. The average Bonchev–Trinajstić information content (AvgIpc) is 2.20. The predicted molar refractivity (Wildman–Crippen MR) is 69.3 cm³/mol. The van der Waals surface area contributed by atoms with Crippen LogP contribution in [0.5, 0.6) is 0 Å². The van der Waals surface area contributed by atoms with Gasteiger partial charge in [-0.15, -0.1) is 12.4 Å². The Balaban J connectivity index is 0.00000128. The number of nitrogens with two attached hydrogens (primary N) is 2. The highest BCUT2D eigenvalue weighted by Crippen LogP contribution is 2.18. The van der Waals surface area contributed by atoms with Crippen molar-refractivity contribution in [2.75, 3.05) is 11.6 Å². The number of guanidine groups is 2. The maximum atomic E-state index is 5.78. The molecule has 0 fully saturated rings. The molecule has 5 nitrogen and oxygen atoms in total. The molecule has 0 unspecified atom stereocenters. The lowest BCUT2D eigenvalue weighted by Gasteiger charge is -2.24. The fraction of sp³-hybridized carbons (Fsp3) is 0.111. The summed E-state index contributed by atoms with van der Waals surface area (Å²) in [6.07, 6.45) is 0.